The number of aromatic nitrogens is 2. The molecule has 0 radical (unpaired) electrons. The minimum atomic E-state index is -7.22. The average molecular weight is 868 g/mol. The molecule has 0 atom stereocenters. The van der Waals surface area contributed by atoms with Gasteiger partial charge in [0.05, 0.1) is 6.20 Å². The fourth-order valence-electron chi connectivity index (χ4n) is 6.15. The maximum Gasteiger partial charge on any atom is 0.378 e. The van der Waals surface area contributed by atoms with E-state index in [1.54, 1.807) is 12.4 Å². The van der Waals surface area contributed by atoms with Gasteiger partial charge in [0.15, 0.2) is 82.5 Å². The Morgan fingerprint density at radius 1 is 0.356 bits per heavy atom. The quantitative estimate of drug-likeness (QED) is 0.0561. The molecule has 0 bridgehead atoms. The molecule has 1 aromatic heterocycles. The highest BCUT2D eigenvalue weighted by atomic mass is 19.2. The second-order valence-electron chi connectivity index (χ2n) is 11.8. The van der Waals surface area contributed by atoms with Gasteiger partial charge in [-0.1, -0.05) is 30.3 Å². The molecule has 0 spiro atoms. The smallest absolute Gasteiger partial charge is 0.249 e. The molecule has 1 heterocycles. The van der Waals surface area contributed by atoms with Crippen LogP contribution in [0.25, 0.3) is 0 Å². The highest BCUT2D eigenvalue weighted by Gasteiger charge is 2.52. The van der Waals surface area contributed by atoms with E-state index < -0.39 is 144 Å². The van der Waals surface area contributed by atoms with Crippen molar-refractivity contribution in [3.05, 3.63) is 177 Å². The fourth-order valence-corrected chi connectivity index (χ4v) is 6.15. The summed E-state index contributed by atoms with van der Waals surface area (Å²) in [7, 11) is 0. The molecule has 0 fully saturated rings. The lowest BCUT2D eigenvalue weighted by Crippen LogP contribution is -2.81. The van der Waals surface area contributed by atoms with E-state index in [0.717, 1.165) is 5.56 Å². The summed E-state index contributed by atoms with van der Waals surface area (Å²) in [5.41, 5.74) is -13.3. The van der Waals surface area contributed by atoms with E-state index in [2.05, 4.69) is 4.98 Å². The summed E-state index contributed by atoms with van der Waals surface area (Å²) in [5.74, 6) is -71.7. The van der Waals surface area contributed by atoms with E-state index in [4.69, 9.17) is 0 Å². The molecule has 5 aromatic carbocycles. The lowest BCUT2D eigenvalue weighted by molar-refractivity contribution is -0.716. The monoisotopic (exact) mass is 868 g/mol. The predicted octanol–water partition coefficient (Wildman–Crippen LogP) is 7.40. The van der Waals surface area contributed by atoms with E-state index in [0.29, 0.717) is 6.54 Å². The van der Waals surface area contributed by atoms with Crippen molar-refractivity contribution in [2.24, 2.45) is 0 Å². The molecule has 310 valence electrons. The van der Waals surface area contributed by atoms with Gasteiger partial charge in [-0.05, 0) is 0 Å². The highest BCUT2D eigenvalue weighted by molar-refractivity contribution is 7.20. The summed E-state index contributed by atoms with van der Waals surface area (Å²) in [6, 6.07) is 9.75. The summed E-state index contributed by atoms with van der Waals surface area (Å²) >= 11 is 0. The van der Waals surface area contributed by atoms with Crippen molar-refractivity contribution in [2.45, 2.75) is 6.54 Å². The van der Waals surface area contributed by atoms with Crippen molar-refractivity contribution in [2.75, 3.05) is 0 Å². The summed E-state index contributed by atoms with van der Waals surface area (Å²) < 4.78 is 309. The van der Waals surface area contributed by atoms with E-state index in [1.165, 1.54) is 10.8 Å². The summed E-state index contributed by atoms with van der Waals surface area (Å²) in [5, 5.41) is 0. The zero-order valence-corrected chi connectivity index (χ0v) is 27.7. The number of hydrogen-bond donors (Lipinski definition) is 0. The molecule has 0 saturated carbocycles. The molecule has 0 aliphatic heterocycles. The van der Waals surface area contributed by atoms with Gasteiger partial charge in [0.2, 0.25) is 0 Å². The SMILES string of the molecule is Fc1c(F)c(F)c([B-](c2c(F)c(F)c(F)c(F)c2F)(c2c(F)c(F)c(F)c(F)c2F)c2c(F)c(F)c(F)c(F)c2F)c(F)c1F.Fc1cncc[n+]1Cc1ccccc1. The number of hydrogen-bond acceptors (Lipinski definition) is 1. The zero-order chi connectivity index (χ0) is 44.2. The van der Waals surface area contributed by atoms with Crippen LogP contribution in [0, 0.1) is 122 Å². The first-order valence-electron chi connectivity index (χ1n) is 15.3. The van der Waals surface area contributed by atoms with E-state index >= 15 is 35.1 Å². The standard InChI is InChI=1S/C24BF20.C11H10FN2/c26-5-1(6(27)14(35)21(42)13(5)34)25(2-7(28)15(36)22(43)16(37)8(2)29,3-9(30)17(38)23(44)18(39)10(3)31)4-11(32)19(40)24(45)20(41)12(4)33;12-11-8-13-6-7-14(11)9-10-4-2-1-3-5-10/h;1-8H,9H2/q-1;+1. The van der Waals surface area contributed by atoms with Crippen LogP contribution in [0.2, 0.25) is 0 Å². The first kappa shape index (κ1) is 43.9. The number of benzene rings is 5. The second-order valence-corrected chi connectivity index (χ2v) is 11.8. The molecule has 0 N–H and O–H groups in total. The molecule has 0 amide bonds. The molecule has 2 nitrogen and oxygen atoms in total. The lowest BCUT2D eigenvalue weighted by atomic mass is 9.12. The summed E-state index contributed by atoms with van der Waals surface area (Å²) in [6.07, 6.45) is -2.80. The van der Waals surface area contributed by atoms with Gasteiger partial charge in [0.1, 0.15) is 58.9 Å². The normalized spacial score (nSPS) is 11.5. The van der Waals surface area contributed by atoms with Crippen LogP contribution in [0.4, 0.5) is 92.2 Å². The number of nitrogens with zero attached hydrogens (tertiary/aromatic N) is 2. The minimum absolute atomic E-state index is 0.323. The van der Waals surface area contributed by atoms with Crippen LogP contribution in [0.1, 0.15) is 5.56 Å². The van der Waals surface area contributed by atoms with Gasteiger partial charge in [-0.2, -0.15) is 4.57 Å². The van der Waals surface area contributed by atoms with Crippen LogP contribution >= 0.6 is 0 Å². The van der Waals surface area contributed by atoms with Gasteiger partial charge in [0.25, 0.3) is 0 Å². The summed E-state index contributed by atoms with van der Waals surface area (Å²) in [6.45, 7) is 0.537. The molecule has 0 saturated heterocycles. The topological polar surface area (TPSA) is 16.8 Å². The molecule has 24 heteroatoms. The van der Waals surface area contributed by atoms with Crippen LogP contribution in [-0.2, 0) is 6.54 Å². The van der Waals surface area contributed by atoms with Gasteiger partial charge in [0, 0.05) is 5.56 Å². The van der Waals surface area contributed by atoms with Crippen LogP contribution in [0.5, 0.6) is 0 Å². The third kappa shape index (κ3) is 6.86. The third-order valence-electron chi connectivity index (χ3n) is 8.69. The second kappa shape index (κ2) is 16.2. The third-order valence-corrected chi connectivity index (χ3v) is 8.69. The highest BCUT2D eigenvalue weighted by Crippen LogP contribution is 2.30. The van der Waals surface area contributed by atoms with Crippen molar-refractivity contribution in [3.8, 4) is 0 Å². The Morgan fingerprint density at radius 2 is 0.610 bits per heavy atom. The van der Waals surface area contributed by atoms with Crippen LogP contribution in [0.15, 0.2) is 48.9 Å². The van der Waals surface area contributed by atoms with Crippen molar-refractivity contribution in [3.63, 3.8) is 0 Å². The first-order valence-corrected chi connectivity index (χ1v) is 15.3. The minimum Gasteiger partial charge on any atom is -0.249 e. The lowest BCUT2D eigenvalue weighted by Gasteiger charge is -2.44. The molecule has 59 heavy (non-hydrogen) atoms. The Balaban J connectivity index is 0.000000395. The Bertz CT molecular complexity index is 2280. The first-order chi connectivity index (χ1) is 27.6. The molecular weight excluding hydrogens is 858 g/mol. The zero-order valence-electron chi connectivity index (χ0n) is 27.7. The van der Waals surface area contributed by atoms with E-state index in [1.807, 2.05) is 30.3 Å². The van der Waals surface area contributed by atoms with Gasteiger partial charge < -0.3 is 0 Å². The molecule has 6 rings (SSSR count). The van der Waals surface area contributed by atoms with Gasteiger partial charge >= 0.3 is 5.95 Å². The van der Waals surface area contributed by atoms with E-state index in [-0.39, 0.29) is 5.95 Å². The van der Waals surface area contributed by atoms with Crippen molar-refractivity contribution < 1.29 is 96.8 Å². The van der Waals surface area contributed by atoms with Crippen molar-refractivity contribution >= 4 is 28.0 Å². The molecule has 0 aliphatic carbocycles. The van der Waals surface area contributed by atoms with Gasteiger partial charge in [-0.25, -0.2) is 92.8 Å². The Morgan fingerprint density at radius 3 is 0.864 bits per heavy atom. The number of halogens is 21. The fraction of sp³-hybridized carbons (Fsp3) is 0.0286. The summed E-state index contributed by atoms with van der Waals surface area (Å²) in [4.78, 5) is 3.69. The molecule has 6 aromatic rings. The van der Waals surface area contributed by atoms with Crippen LogP contribution in [0.3, 0.4) is 0 Å². The van der Waals surface area contributed by atoms with Crippen LogP contribution < -0.4 is 26.4 Å². The predicted molar refractivity (Wildman–Crippen MR) is 159 cm³/mol. The molecule has 0 aliphatic rings. The van der Waals surface area contributed by atoms with Crippen molar-refractivity contribution in [1.82, 2.24) is 4.98 Å². The van der Waals surface area contributed by atoms with Crippen LogP contribution in [-0.4, -0.2) is 11.1 Å². The van der Waals surface area contributed by atoms with Crippen molar-refractivity contribution in [1.29, 1.82) is 0 Å². The maximum atomic E-state index is 15.4. The Kier molecular flexibility index (Phi) is 12.1. The Labute approximate surface area is 313 Å². The van der Waals surface area contributed by atoms with Gasteiger partial charge in [-0.3, -0.25) is 0 Å². The number of rotatable bonds is 6. The van der Waals surface area contributed by atoms with E-state index in [9.17, 15) is 57.1 Å². The largest absolute Gasteiger partial charge is 0.378 e. The molecule has 0 unspecified atom stereocenters. The average Bonchev–Trinajstić information content (AvgIpc) is 3.22. The van der Waals surface area contributed by atoms with Gasteiger partial charge in [-0.15, -0.1) is 26.2 Å². The maximum absolute atomic E-state index is 15.4. The molecular formula is C35H10BF21N2. The Hall–Kier alpha value is -6.23.